The fraction of sp³-hybridized carbons (Fsp3) is 0.556. The number of unbranched alkanes of at least 4 members (excludes halogenated alkanes) is 1. The minimum absolute atomic E-state index is 0.570. The van der Waals surface area contributed by atoms with Gasteiger partial charge in [0.15, 0.2) is 0 Å². The second-order valence-corrected chi connectivity index (χ2v) is 7.39. The fourth-order valence-corrected chi connectivity index (χ4v) is 3.84. The largest absolute Gasteiger partial charge is 0.385 e. The molecular formula is C18H27N5S. The minimum atomic E-state index is 0.570. The van der Waals surface area contributed by atoms with E-state index in [4.69, 9.17) is 10.7 Å². The van der Waals surface area contributed by atoms with E-state index >= 15 is 0 Å². The van der Waals surface area contributed by atoms with Gasteiger partial charge < -0.3 is 11.1 Å². The number of aromatic nitrogens is 2. The van der Waals surface area contributed by atoms with Gasteiger partial charge in [0.1, 0.15) is 5.82 Å². The monoisotopic (exact) mass is 345 g/mol. The number of hydrogen-bond acceptors (Lipinski definition) is 6. The zero-order valence-electron chi connectivity index (χ0n) is 14.4. The van der Waals surface area contributed by atoms with Crippen LogP contribution in [-0.2, 0) is 13.0 Å². The van der Waals surface area contributed by atoms with Crippen LogP contribution in [0.3, 0.4) is 0 Å². The molecule has 0 aliphatic carbocycles. The lowest BCUT2D eigenvalue weighted by Gasteiger charge is -2.11. The predicted octanol–water partition coefficient (Wildman–Crippen LogP) is 3.52. The Bertz CT molecular complexity index is 649. The summed E-state index contributed by atoms with van der Waals surface area (Å²) in [5.41, 5.74) is 9.18. The highest BCUT2D eigenvalue weighted by Gasteiger charge is 2.14. The molecule has 0 aromatic carbocycles. The highest BCUT2D eigenvalue weighted by Crippen LogP contribution is 2.20. The highest BCUT2D eigenvalue weighted by atomic mass is 32.1. The van der Waals surface area contributed by atoms with Crippen LogP contribution in [0.15, 0.2) is 17.5 Å². The van der Waals surface area contributed by atoms with E-state index in [1.165, 1.54) is 38.0 Å². The van der Waals surface area contributed by atoms with Gasteiger partial charge in [-0.05, 0) is 38.4 Å². The maximum Gasteiger partial charge on any atom is 0.125 e. The molecule has 0 bridgehead atoms. The summed E-state index contributed by atoms with van der Waals surface area (Å²) in [5.74, 6) is 0.570. The normalized spacial score (nSPS) is 15.0. The van der Waals surface area contributed by atoms with E-state index in [0.29, 0.717) is 5.82 Å². The molecule has 0 saturated carbocycles. The first-order valence-corrected chi connectivity index (χ1v) is 9.77. The Hall–Kier alpha value is -1.66. The van der Waals surface area contributed by atoms with Gasteiger partial charge in [0.05, 0.1) is 16.4 Å². The first kappa shape index (κ1) is 17.2. The average Bonchev–Trinajstić information content (AvgIpc) is 3.20. The maximum absolute atomic E-state index is 5.96. The third kappa shape index (κ3) is 4.92. The van der Waals surface area contributed by atoms with E-state index in [1.54, 1.807) is 11.3 Å². The molecule has 1 fully saturated rings. The Kier molecular flexibility index (Phi) is 6.04. The smallest absolute Gasteiger partial charge is 0.125 e. The molecule has 0 amide bonds. The Labute approximate surface area is 148 Å². The third-order valence-electron chi connectivity index (χ3n) is 4.27. The molecule has 0 atom stereocenters. The number of likely N-dealkylation sites (tertiary alicyclic amines) is 1. The van der Waals surface area contributed by atoms with Gasteiger partial charge >= 0.3 is 0 Å². The number of thiazole rings is 1. The van der Waals surface area contributed by atoms with E-state index in [9.17, 15) is 0 Å². The van der Waals surface area contributed by atoms with Crippen LogP contribution < -0.4 is 11.1 Å². The summed E-state index contributed by atoms with van der Waals surface area (Å²) in [6.45, 7) is 6.55. The highest BCUT2D eigenvalue weighted by molar-refractivity contribution is 7.09. The lowest BCUT2D eigenvalue weighted by Crippen LogP contribution is -2.18. The second-order valence-electron chi connectivity index (χ2n) is 6.44. The number of nitrogens with zero attached hydrogens (tertiary/aromatic N) is 3. The molecule has 1 aliphatic heterocycles. The van der Waals surface area contributed by atoms with Crippen LogP contribution in [-0.4, -0.2) is 34.5 Å². The Morgan fingerprint density at radius 3 is 2.83 bits per heavy atom. The van der Waals surface area contributed by atoms with Crippen LogP contribution in [0.4, 0.5) is 11.5 Å². The zero-order chi connectivity index (χ0) is 16.8. The molecule has 0 unspecified atom stereocenters. The molecule has 0 spiro atoms. The molecular weight excluding hydrogens is 318 g/mol. The zero-order valence-corrected chi connectivity index (χ0v) is 15.2. The molecule has 2 aromatic heterocycles. The summed E-state index contributed by atoms with van der Waals surface area (Å²) in [7, 11) is 0. The predicted molar refractivity (Wildman–Crippen MR) is 101 cm³/mol. The van der Waals surface area contributed by atoms with Gasteiger partial charge in [-0.15, -0.1) is 11.3 Å². The van der Waals surface area contributed by atoms with E-state index < -0.39 is 0 Å². The fourth-order valence-electron chi connectivity index (χ4n) is 3.04. The Morgan fingerprint density at radius 1 is 1.21 bits per heavy atom. The topological polar surface area (TPSA) is 67.1 Å². The second kappa shape index (κ2) is 8.44. The van der Waals surface area contributed by atoms with Gasteiger partial charge in [-0.3, -0.25) is 4.90 Å². The SMILES string of the molecule is CCCCNc1cc(N)nc(Cc2nc(CN3CCCC3)cs2)c1. The minimum Gasteiger partial charge on any atom is -0.385 e. The summed E-state index contributed by atoms with van der Waals surface area (Å²) in [4.78, 5) is 11.7. The van der Waals surface area contributed by atoms with Gasteiger partial charge in [0.2, 0.25) is 0 Å². The summed E-state index contributed by atoms with van der Waals surface area (Å²) in [5, 5.41) is 6.72. The van der Waals surface area contributed by atoms with Crippen molar-refractivity contribution in [2.24, 2.45) is 0 Å². The molecule has 0 radical (unpaired) electrons. The van der Waals surface area contributed by atoms with Gasteiger partial charge in [-0.1, -0.05) is 13.3 Å². The molecule has 24 heavy (non-hydrogen) atoms. The van der Waals surface area contributed by atoms with Crippen LogP contribution >= 0.6 is 11.3 Å². The van der Waals surface area contributed by atoms with Crippen molar-refractivity contribution in [2.75, 3.05) is 30.7 Å². The molecule has 3 rings (SSSR count). The number of nitrogen functional groups attached to an aromatic ring is 1. The van der Waals surface area contributed by atoms with Crippen molar-refractivity contribution in [1.82, 2.24) is 14.9 Å². The van der Waals surface area contributed by atoms with Crippen molar-refractivity contribution in [3.05, 3.63) is 33.9 Å². The lowest BCUT2D eigenvalue weighted by atomic mass is 10.2. The van der Waals surface area contributed by atoms with E-state index in [-0.39, 0.29) is 0 Å². The van der Waals surface area contributed by atoms with Crippen LogP contribution in [0.2, 0.25) is 0 Å². The van der Waals surface area contributed by atoms with Gasteiger partial charge in [0.25, 0.3) is 0 Å². The first-order chi connectivity index (χ1) is 11.7. The standard InChI is InChI=1S/C18H27N5S/c1-2-3-6-20-14-9-15(21-17(19)10-14)11-18-22-16(13-24-18)12-23-7-4-5-8-23/h9-10,13H,2-8,11-12H2,1H3,(H3,19,20,21). The molecule has 130 valence electrons. The summed E-state index contributed by atoms with van der Waals surface area (Å²) < 4.78 is 0. The van der Waals surface area contributed by atoms with Crippen LogP contribution in [0, 0.1) is 0 Å². The van der Waals surface area contributed by atoms with E-state index in [0.717, 1.165) is 42.3 Å². The molecule has 6 heteroatoms. The number of anilines is 2. The summed E-state index contributed by atoms with van der Waals surface area (Å²) in [6, 6.07) is 3.99. The Morgan fingerprint density at radius 2 is 2.04 bits per heavy atom. The van der Waals surface area contributed by atoms with Crippen molar-refractivity contribution in [1.29, 1.82) is 0 Å². The number of hydrogen-bond donors (Lipinski definition) is 2. The summed E-state index contributed by atoms with van der Waals surface area (Å²) in [6.07, 6.45) is 5.72. The van der Waals surface area contributed by atoms with Crippen molar-refractivity contribution < 1.29 is 0 Å². The van der Waals surface area contributed by atoms with E-state index in [2.05, 4.69) is 33.6 Å². The number of nitrogens with one attached hydrogen (secondary N) is 1. The lowest BCUT2D eigenvalue weighted by molar-refractivity contribution is 0.328. The maximum atomic E-state index is 5.96. The van der Waals surface area contributed by atoms with E-state index in [1.807, 2.05) is 6.07 Å². The third-order valence-corrected chi connectivity index (χ3v) is 5.17. The van der Waals surface area contributed by atoms with Gasteiger partial charge in [0, 0.05) is 36.6 Å². The molecule has 2 aromatic rings. The number of rotatable bonds is 8. The van der Waals surface area contributed by atoms with Gasteiger partial charge in [-0.2, -0.15) is 0 Å². The van der Waals surface area contributed by atoms with Crippen molar-refractivity contribution >= 4 is 22.8 Å². The first-order valence-electron chi connectivity index (χ1n) is 8.89. The Balaban J connectivity index is 1.61. The number of nitrogens with two attached hydrogens (primary N) is 1. The van der Waals surface area contributed by atoms with Crippen molar-refractivity contribution in [2.45, 2.75) is 45.6 Å². The number of pyridine rings is 1. The van der Waals surface area contributed by atoms with Crippen LogP contribution in [0.25, 0.3) is 0 Å². The molecule has 1 saturated heterocycles. The van der Waals surface area contributed by atoms with Crippen LogP contribution in [0.1, 0.15) is 49.0 Å². The van der Waals surface area contributed by atoms with Gasteiger partial charge in [-0.25, -0.2) is 9.97 Å². The van der Waals surface area contributed by atoms with Crippen molar-refractivity contribution in [3.63, 3.8) is 0 Å². The molecule has 1 aliphatic rings. The summed E-state index contributed by atoms with van der Waals surface area (Å²) >= 11 is 1.72. The quantitative estimate of drug-likeness (QED) is 0.717. The average molecular weight is 346 g/mol. The molecule has 5 nitrogen and oxygen atoms in total. The van der Waals surface area contributed by atoms with Crippen molar-refractivity contribution in [3.8, 4) is 0 Å². The molecule has 3 heterocycles. The van der Waals surface area contributed by atoms with Crippen LogP contribution in [0.5, 0.6) is 0 Å². The molecule has 3 N–H and O–H groups in total.